The van der Waals surface area contributed by atoms with E-state index in [2.05, 4.69) is 16.3 Å². The molecule has 0 aliphatic carbocycles. The van der Waals surface area contributed by atoms with Crippen molar-refractivity contribution in [1.82, 2.24) is 9.27 Å². The summed E-state index contributed by atoms with van der Waals surface area (Å²) in [6.07, 6.45) is 1.81. The lowest BCUT2D eigenvalue weighted by molar-refractivity contribution is 0.0523. The molecule has 7 heteroatoms. The van der Waals surface area contributed by atoms with Crippen molar-refractivity contribution in [2.45, 2.75) is 34.6 Å². The fourth-order valence-corrected chi connectivity index (χ4v) is 2.98. The number of aromatic nitrogens is 1. The van der Waals surface area contributed by atoms with Gasteiger partial charge < -0.3 is 14.4 Å². The molecule has 0 aliphatic heterocycles. The van der Waals surface area contributed by atoms with Crippen LogP contribution in [-0.4, -0.2) is 41.8 Å². The summed E-state index contributed by atoms with van der Waals surface area (Å²) >= 11 is 1.15. The maximum absolute atomic E-state index is 12.2. The summed E-state index contributed by atoms with van der Waals surface area (Å²) in [4.78, 5) is 18.7. The highest BCUT2D eigenvalue weighted by atomic mass is 32.1. The first-order valence-electron chi connectivity index (χ1n) is 8.54. The van der Waals surface area contributed by atoms with E-state index < -0.39 is 5.97 Å². The Hall–Kier alpha value is -2.41. The Morgan fingerprint density at radius 1 is 1.27 bits per heavy atom. The molecule has 0 aliphatic rings. The largest absolute Gasteiger partial charge is 0.462 e. The van der Waals surface area contributed by atoms with E-state index in [1.165, 1.54) is 0 Å². The van der Waals surface area contributed by atoms with E-state index in [1.54, 1.807) is 13.8 Å². The van der Waals surface area contributed by atoms with Gasteiger partial charge in [0.05, 0.1) is 24.3 Å². The summed E-state index contributed by atoms with van der Waals surface area (Å²) in [7, 11) is 1.98. The lowest BCUT2D eigenvalue weighted by Crippen LogP contribution is -2.14. The third-order valence-electron chi connectivity index (χ3n) is 3.90. The average Bonchev–Trinajstić information content (AvgIpc) is 2.96. The molecule has 0 saturated carbocycles. The number of carbonyl (C=O) groups excluding carboxylic acids is 1. The van der Waals surface area contributed by atoms with Gasteiger partial charge in [0.2, 0.25) is 5.06 Å². The zero-order valence-electron chi connectivity index (χ0n) is 16.1. The molecule has 0 amide bonds. The van der Waals surface area contributed by atoms with Crippen LogP contribution in [0.2, 0.25) is 0 Å². The summed E-state index contributed by atoms with van der Waals surface area (Å²) in [5.74, 6) is 0.270. The normalized spacial score (nSPS) is 11.0. The van der Waals surface area contributed by atoms with Gasteiger partial charge in [0.25, 0.3) is 0 Å². The third kappa shape index (κ3) is 4.60. The number of carbonyl (C=O) groups is 1. The molecule has 2 rings (SSSR count). The van der Waals surface area contributed by atoms with Gasteiger partial charge in [-0.25, -0.2) is 9.79 Å². The van der Waals surface area contributed by atoms with Crippen LogP contribution in [0.5, 0.6) is 10.8 Å². The van der Waals surface area contributed by atoms with Gasteiger partial charge in [-0.2, -0.15) is 4.37 Å². The molecule has 0 spiro atoms. The summed E-state index contributed by atoms with van der Waals surface area (Å²) in [5, 5.41) is 0.449. The lowest BCUT2D eigenvalue weighted by atomic mass is 10.1. The molecule has 0 bridgehead atoms. The monoisotopic (exact) mass is 375 g/mol. The SMILES string of the molecule is CCOC(=O)c1c(C)nsc1Oc1cc(C)c(N=CN(C)CC)cc1C. The molecule has 0 N–H and O–H groups in total. The van der Waals surface area contributed by atoms with Crippen LogP contribution in [0, 0.1) is 20.8 Å². The molecule has 26 heavy (non-hydrogen) atoms. The van der Waals surface area contributed by atoms with Gasteiger partial charge in [0.15, 0.2) is 0 Å². The van der Waals surface area contributed by atoms with Crippen molar-refractivity contribution < 1.29 is 14.3 Å². The summed E-state index contributed by atoms with van der Waals surface area (Å²) in [6, 6.07) is 3.90. The summed E-state index contributed by atoms with van der Waals surface area (Å²) in [6.45, 7) is 10.8. The number of benzene rings is 1. The lowest BCUT2D eigenvalue weighted by Gasteiger charge is -2.12. The fraction of sp³-hybridized carbons (Fsp3) is 0.421. The van der Waals surface area contributed by atoms with Gasteiger partial charge in [0, 0.05) is 25.1 Å². The van der Waals surface area contributed by atoms with Crippen LogP contribution in [0.15, 0.2) is 17.1 Å². The first kappa shape index (κ1) is 19.9. The molecule has 140 valence electrons. The number of aliphatic imine (C=N–C) groups is 1. The van der Waals surface area contributed by atoms with Crippen molar-refractivity contribution in [3.63, 3.8) is 0 Å². The quantitative estimate of drug-likeness (QED) is 0.400. The zero-order chi connectivity index (χ0) is 19.3. The third-order valence-corrected chi connectivity index (χ3v) is 4.72. The predicted molar refractivity (Wildman–Crippen MR) is 105 cm³/mol. The van der Waals surface area contributed by atoms with E-state index in [4.69, 9.17) is 9.47 Å². The molecule has 6 nitrogen and oxygen atoms in total. The highest BCUT2D eigenvalue weighted by Crippen LogP contribution is 2.36. The van der Waals surface area contributed by atoms with E-state index in [1.807, 2.05) is 44.3 Å². The molecule has 1 aromatic heterocycles. The fourth-order valence-electron chi connectivity index (χ4n) is 2.22. The van der Waals surface area contributed by atoms with E-state index in [0.717, 1.165) is 34.9 Å². The standard InChI is InChI=1S/C19H25N3O3S/c1-7-22(6)11-20-15-9-13(4)16(10-12(15)3)25-19-17(14(5)21-26-19)18(23)24-8-2/h9-11H,7-8H2,1-6H3. The second-order valence-corrected chi connectivity index (χ2v) is 6.71. The van der Waals surface area contributed by atoms with Crippen molar-refractivity contribution in [2.75, 3.05) is 20.2 Å². The van der Waals surface area contributed by atoms with Gasteiger partial charge in [0.1, 0.15) is 11.3 Å². The predicted octanol–water partition coefficient (Wildman–Crippen LogP) is 4.65. The number of esters is 1. The topological polar surface area (TPSA) is 64.0 Å². The Kier molecular flexibility index (Phi) is 6.74. The smallest absolute Gasteiger partial charge is 0.344 e. The van der Waals surface area contributed by atoms with Crippen LogP contribution in [0.4, 0.5) is 5.69 Å². The molecule has 0 atom stereocenters. The van der Waals surface area contributed by atoms with Crippen LogP contribution < -0.4 is 4.74 Å². The van der Waals surface area contributed by atoms with E-state index in [9.17, 15) is 4.79 Å². The number of rotatable bonds is 7. The average molecular weight is 375 g/mol. The first-order valence-corrected chi connectivity index (χ1v) is 9.31. The Morgan fingerprint density at radius 2 is 2.00 bits per heavy atom. The summed E-state index contributed by atoms with van der Waals surface area (Å²) < 4.78 is 15.3. The zero-order valence-corrected chi connectivity index (χ0v) is 16.9. The molecular weight excluding hydrogens is 350 g/mol. The van der Waals surface area contributed by atoms with Crippen molar-refractivity contribution >= 4 is 29.5 Å². The molecule has 1 heterocycles. The van der Waals surface area contributed by atoms with Crippen molar-refractivity contribution in [1.29, 1.82) is 0 Å². The van der Waals surface area contributed by atoms with Crippen LogP contribution in [0.3, 0.4) is 0 Å². The molecule has 0 fully saturated rings. The molecule has 1 aromatic carbocycles. The Labute approximate surface area is 158 Å². The number of aryl methyl sites for hydroxylation is 3. The van der Waals surface area contributed by atoms with Crippen LogP contribution >= 0.6 is 11.5 Å². The van der Waals surface area contributed by atoms with Crippen molar-refractivity contribution in [3.05, 3.63) is 34.5 Å². The van der Waals surface area contributed by atoms with E-state index in [0.29, 0.717) is 28.7 Å². The van der Waals surface area contributed by atoms with Crippen molar-refractivity contribution in [2.24, 2.45) is 4.99 Å². The molecular formula is C19H25N3O3S. The second-order valence-electron chi connectivity index (χ2n) is 5.97. The minimum absolute atomic E-state index is 0.310. The minimum atomic E-state index is -0.410. The van der Waals surface area contributed by atoms with Crippen LogP contribution in [0.25, 0.3) is 0 Å². The summed E-state index contributed by atoms with van der Waals surface area (Å²) in [5.41, 5.74) is 3.82. The molecule has 0 saturated heterocycles. The Morgan fingerprint density at radius 3 is 2.65 bits per heavy atom. The molecule has 0 radical (unpaired) electrons. The first-order chi connectivity index (χ1) is 12.4. The van der Waals surface area contributed by atoms with Gasteiger partial charge in [-0.05, 0) is 57.9 Å². The second kappa shape index (κ2) is 8.80. The van der Waals surface area contributed by atoms with Gasteiger partial charge >= 0.3 is 5.97 Å². The number of hydrogen-bond acceptors (Lipinski definition) is 6. The molecule has 0 unspecified atom stereocenters. The van der Waals surface area contributed by atoms with Gasteiger partial charge in [-0.3, -0.25) is 0 Å². The maximum atomic E-state index is 12.2. The number of ether oxygens (including phenoxy) is 2. The van der Waals surface area contributed by atoms with E-state index in [-0.39, 0.29) is 0 Å². The van der Waals surface area contributed by atoms with Crippen molar-refractivity contribution in [3.8, 4) is 10.8 Å². The Bertz CT molecular complexity index is 815. The van der Waals surface area contributed by atoms with Crippen LogP contribution in [-0.2, 0) is 4.74 Å². The number of nitrogens with zero attached hydrogens (tertiary/aromatic N) is 3. The molecule has 2 aromatic rings. The van der Waals surface area contributed by atoms with E-state index >= 15 is 0 Å². The highest BCUT2D eigenvalue weighted by molar-refractivity contribution is 7.08. The van der Waals surface area contributed by atoms with Crippen LogP contribution in [0.1, 0.15) is 41.0 Å². The van der Waals surface area contributed by atoms with Gasteiger partial charge in [-0.1, -0.05) is 0 Å². The minimum Gasteiger partial charge on any atom is -0.462 e. The van der Waals surface area contributed by atoms with Gasteiger partial charge in [-0.15, -0.1) is 0 Å². The maximum Gasteiger partial charge on any atom is 0.344 e. The number of hydrogen-bond donors (Lipinski definition) is 0. The highest BCUT2D eigenvalue weighted by Gasteiger charge is 2.22. The Balaban J connectivity index is 2.30.